The van der Waals surface area contributed by atoms with Crippen molar-refractivity contribution in [2.24, 2.45) is 0 Å². The Balaban J connectivity index is 2.18. The second-order valence-corrected chi connectivity index (χ2v) is 5.59. The summed E-state index contributed by atoms with van der Waals surface area (Å²) in [5, 5.41) is 6.32. The number of carbonyl (C=O) groups is 1. The number of alkyl halides is 4. The van der Waals surface area contributed by atoms with Gasteiger partial charge in [-0.1, -0.05) is 0 Å². The number of benzene rings is 1. The Hall–Kier alpha value is -2.78. The predicted octanol–water partition coefficient (Wildman–Crippen LogP) is 4.33. The van der Waals surface area contributed by atoms with Gasteiger partial charge >= 0.3 is 6.61 Å². The number of ether oxygens (including phenoxy) is 2. The molecule has 6 nitrogen and oxygen atoms in total. The lowest BCUT2D eigenvalue weighted by Crippen LogP contribution is -2.25. The molecule has 0 saturated carbocycles. The monoisotopic (exact) mass is 389 g/mol. The summed E-state index contributed by atoms with van der Waals surface area (Å²) in [5.41, 5.74) is 0.263. The number of aromatic nitrogens is 2. The first-order valence-electron chi connectivity index (χ1n) is 8.09. The summed E-state index contributed by atoms with van der Waals surface area (Å²) in [4.78, 5) is 12.4. The van der Waals surface area contributed by atoms with Crippen molar-refractivity contribution in [1.82, 2.24) is 9.78 Å². The van der Waals surface area contributed by atoms with Crippen molar-refractivity contribution in [3.05, 3.63) is 35.7 Å². The smallest absolute Gasteiger partial charge is 0.387 e. The van der Waals surface area contributed by atoms with E-state index in [1.54, 1.807) is 13.8 Å². The second kappa shape index (κ2) is 8.74. The summed E-state index contributed by atoms with van der Waals surface area (Å²) in [6, 6.07) is 4.28. The molecule has 27 heavy (non-hydrogen) atoms. The maximum atomic E-state index is 12.8. The van der Waals surface area contributed by atoms with Gasteiger partial charge in [-0.2, -0.15) is 13.9 Å². The van der Waals surface area contributed by atoms with Gasteiger partial charge in [-0.05, 0) is 39.0 Å². The fraction of sp³-hybridized carbons (Fsp3) is 0.412. The molecule has 0 aliphatic heterocycles. The molecule has 1 N–H and O–H groups in total. The fourth-order valence-electron chi connectivity index (χ4n) is 2.42. The lowest BCUT2D eigenvalue weighted by atomic mass is 10.2. The lowest BCUT2D eigenvalue weighted by Gasteiger charge is -2.16. The highest BCUT2D eigenvalue weighted by molar-refractivity contribution is 5.93. The zero-order chi connectivity index (χ0) is 20.1. The Morgan fingerprint density at radius 3 is 2.48 bits per heavy atom. The number of rotatable bonds is 8. The molecule has 2 aromatic rings. The van der Waals surface area contributed by atoms with Crippen molar-refractivity contribution >= 4 is 11.6 Å². The molecule has 0 saturated heterocycles. The standard InChI is InChI=1S/C17H19F4N3O3/c1-4-26-14-8-11(5-6-13(14)27-17(20)21)22-16(25)10(3)24-9(2)7-12(23-24)15(18)19/h5-8,10,15,17H,4H2,1-3H3,(H,22,25). The number of hydrogen-bond donors (Lipinski definition) is 1. The van der Waals surface area contributed by atoms with Crippen molar-refractivity contribution < 1.29 is 31.8 Å². The van der Waals surface area contributed by atoms with Crippen LogP contribution in [0.5, 0.6) is 11.5 Å². The number of aryl methyl sites for hydroxylation is 1. The molecule has 148 valence electrons. The zero-order valence-corrected chi connectivity index (χ0v) is 14.9. The van der Waals surface area contributed by atoms with Gasteiger partial charge in [0, 0.05) is 17.4 Å². The maximum absolute atomic E-state index is 12.8. The molecular formula is C17H19F4N3O3. The van der Waals surface area contributed by atoms with Crippen LogP contribution in [-0.2, 0) is 4.79 Å². The molecule has 10 heteroatoms. The molecular weight excluding hydrogens is 370 g/mol. The van der Waals surface area contributed by atoms with Crippen LogP contribution in [0.4, 0.5) is 23.2 Å². The molecule has 0 bridgehead atoms. The topological polar surface area (TPSA) is 65.4 Å². The van der Waals surface area contributed by atoms with Crippen LogP contribution < -0.4 is 14.8 Å². The van der Waals surface area contributed by atoms with E-state index < -0.39 is 30.7 Å². The van der Waals surface area contributed by atoms with Crippen molar-refractivity contribution in [3.8, 4) is 11.5 Å². The molecule has 1 atom stereocenters. The van der Waals surface area contributed by atoms with E-state index in [1.165, 1.54) is 35.9 Å². The van der Waals surface area contributed by atoms with Gasteiger partial charge in [0.2, 0.25) is 5.91 Å². The van der Waals surface area contributed by atoms with Crippen molar-refractivity contribution in [2.45, 2.75) is 39.9 Å². The highest BCUT2D eigenvalue weighted by Gasteiger charge is 2.22. The van der Waals surface area contributed by atoms with Gasteiger partial charge < -0.3 is 14.8 Å². The number of halogens is 4. The van der Waals surface area contributed by atoms with Crippen molar-refractivity contribution in [2.75, 3.05) is 11.9 Å². The van der Waals surface area contributed by atoms with Crippen LogP contribution in [0.1, 0.15) is 37.7 Å². The third kappa shape index (κ3) is 5.11. The number of anilines is 1. The normalized spacial score (nSPS) is 12.3. The minimum atomic E-state index is -3.02. The van der Waals surface area contributed by atoms with Gasteiger partial charge in [-0.25, -0.2) is 8.78 Å². The molecule has 0 fully saturated rings. The van der Waals surface area contributed by atoms with Crippen LogP contribution >= 0.6 is 0 Å². The van der Waals surface area contributed by atoms with Gasteiger partial charge in [-0.3, -0.25) is 9.48 Å². The summed E-state index contributed by atoms with van der Waals surface area (Å²) in [7, 11) is 0. The van der Waals surface area contributed by atoms with Gasteiger partial charge in [0.1, 0.15) is 11.7 Å². The molecule has 1 aromatic heterocycles. The summed E-state index contributed by atoms with van der Waals surface area (Å²) in [6.07, 6.45) is -2.74. The van der Waals surface area contributed by atoms with Crippen LogP contribution in [0.3, 0.4) is 0 Å². The van der Waals surface area contributed by atoms with E-state index in [0.717, 1.165) is 0 Å². The van der Waals surface area contributed by atoms with Gasteiger partial charge in [0.05, 0.1) is 6.61 Å². The Labute approximate surface area is 153 Å². The molecule has 2 rings (SSSR count). The van der Waals surface area contributed by atoms with Crippen molar-refractivity contribution in [3.63, 3.8) is 0 Å². The third-order valence-electron chi connectivity index (χ3n) is 3.64. The number of nitrogens with zero attached hydrogens (tertiary/aromatic N) is 2. The Morgan fingerprint density at radius 2 is 1.93 bits per heavy atom. The number of carbonyl (C=O) groups excluding carboxylic acids is 1. The van der Waals surface area contributed by atoms with E-state index in [0.29, 0.717) is 5.69 Å². The summed E-state index contributed by atoms with van der Waals surface area (Å²) < 4.78 is 61.2. The molecule has 0 aliphatic carbocycles. The third-order valence-corrected chi connectivity index (χ3v) is 3.64. The van der Waals surface area contributed by atoms with Crippen LogP contribution in [0.2, 0.25) is 0 Å². The van der Waals surface area contributed by atoms with Gasteiger partial charge in [-0.15, -0.1) is 0 Å². The van der Waals surface area contributed by atoms with Crippen LogP contribution in [0.15, 0.2) is 24.3 Å². The minimum absolute atomic E-state index is 0.0403. The largest absolute Gasteiger partial charge is 0.490 e. The minimum Gasteiger partial charge on any atom is -0.490 e. The first-order valence-corrected chi connectivity index (χ1v) is 8.09. The number of nitrogens with one attached hydrogen (secondary N) is 1. The Kier molecular flexibility index (Phi) is 6.65. The van der Waals surface area contributed by atoms with E-state index in [9.17, 15) is 22.4 Å². The lowest BCUT2D eigenvalue weighted by molar-refractivity contribution is -0.119. The SMILES string of the molecule is CCOc1cc(NC(=O)C(C)n2nc(C(F)F)cc2C)ccc1OC(F)F. The van der Waals surface area contributed by atoms with E-state index in [1.807, 2.05) is 0 Å². The molecule has 0 spiro atoms. The van der Waals surface area contributed by atoms with Gasteiger partial charge in [0.15, 0.2) is 11.5 Å². The molecule has 1 amide bonds. The quantitative estimate of drug-likeness (QED) is 0.683. The average Bonchev–Trinajstić information content (AvgIpc) is 2.98. The predicted molar refractivity (Wildman–Crippen MR) is 89.5 cm³/mol. The van der Waals surface area contributed by atoms with E-state index in [4.69, 9.17) is 4.74 Å². The van der Waals surface area contributed by atoms with Gasteiger partial charge in [0.25, 0.3) is 6.43 Å². The van der Waals surface area contributed by atoms with E-state index >= 15 is 0 Å². The summed E-state index contributed by atoms with van der Waals surface area (Å²) in [6.45, 7) is 1.92. The first-order chi connectivity index (χ1) is 12.7. The molecule has 1 unspecified atom stereocenters. The number of hydrogen-bond acceptors (Lipinski definition) is 4. The zero-order valence-electron chi connectivity index (χ0n) is 14.9. The Bertz CT molecular complexity index is 796. The highest BCUT2D eigenvalue weighted by Crippen LogP contribution is 2.32. The van der Waals surface area contributed by atoms with Crippen LogP contribution in [0, 0.1) is 6.92 Å². The van der Waals surface area contributed by atoms with E-state index in [2.05, 4.69) is 15.2 Å². The van der Waals surface area contributed by atoms with Crippen LogP contribution in [-0.4, -0.2) is 28.9 Å². The first kappa shape index (κ1) is 20.5. The maximum Gasteiger partial charge on any atom is 0.387 e. The fourth-order valence-corrected chi connectivity index (χ4v) is 2.42. The molecule has 0 radical (unpaired) electrons. The molecule has 1 heterocycles. The molecule has 1 aromatic carbocycles. The number of amides is 1. The Morgan fingerprint density at radius 1 is 1.22 bits per heavy atom. The summed E-state index contributed by atoms with van der Waals surface area (Å²) in [5.74, 6) is -0.645. The summed E-state index contributed by atoms with van der Waals surface area (Å²) >= 11 is 0. The van der Waals surface area contributed by atoms with E-state index in [-0.39, 0.29) is 23.8 Å². The second-order valence-electron chi connectivity index (χ2n) is 5.59. The van der Waals surface area contributed by atoms with Crippen molar-refractivity contribution in [1.29, 1.82) is 0 Å². The molecule has 0 aliphatic rings. The average molecular weight is 389 g/mol. The van der Waals surface area contributed by atoms with Crippen LogP contribution in [0.25, 0.3) is 0 Å². The highest BCUT2D eigenvalue weighted by atomic mass is 19.3.